The van der Waals surface area contributed by atoms with Crippen LogP contribution in [0.4, 0.5) is 0 Å². The van der Waals surface area contributed by atoms with Crippen LogP contribution in [0.25, 0.3) is 0 Å². The van der Waals surface area contributed by atoms with Crippen molar-refractivity contribution in [2.24, 2.45) is 17.6 Å². The summed E-state index contributed by atoms with van der Waals surface area (Å²) in [5, 5.41) is 12.5. The normalized spacial score (nSPS) is 12.3. The van der Waals surface area contributed by atoms with Crippen LogP contribution in [0.15, 0.2) is 0 Å². The number of amides is 1. The molecule has 19 heavy (non-hydrogen) atoms. The Morgan fingerprint density at radius 3 is 2.16 bits per heavy atom. The van der Waals surface area contributed by atoms with Crippen molar-refractivity contribution in [3.8, 4) is 0 Å². The first-order valence-electron chi connectivity index (χ1n) is 6.67. The first-order valence-corrected chi connectivity index (χ1v) is 6.67. The summed E-state index contributed by atoms with van der Waals surface area (Å²) in [5.41, 5.74) is 5.17. The maximum absolute atomic E-state index is 12.0. The molecule has 0 saturated heterocycles. The molecule has 0 aliphatic carbocycles. The highest BCUT2D eigenvalue weighted by Gasteiger charge is 2.23. The van der Waals surface area contributed by atoms with E-state index in [1.807, 2.05) is 13.8 Å². The SMILES string of the molecule is CC(C)C(=O)NC(CCCNC(=N)N)C(=O)C(C)C. The summed E-state index contributed by atoms with van der Waals surface area (Å²) < 4.78 is 0. The number of rotatable bonds is 8. The molecule has 0 aromatic heterocycles. The lowest BCUT2D eigenvalue weighted by molar-refractivity contribution is -0.131. The van der Waals surface area contributed by atoms with E-state index in [9.17, 15) is 9.59 Å². The molecule has 0 fully saturated rings. The Labute approximate surface area is 115 Å². The predicted molar refractivity (Wildman–Crippen MR) is 75.8 cm³/mol. The van der Waals surface area contributed by atoms with Gasteiger partial charge in [-0.2, -0.15) is 0 Å². The van der Waals surface area contributed by atoms with E-state index in [0.717, 1.165) is 0 Å². The van der Waals surface area contributed by atoms with Crippen LogP contribution in [0.3, 0.4) is 0 Å². The summed E-state index contributed by atoms with van der Waals surface area (Å²) in [5.74, 6) is -0.413. The zero-order chi connectivity index (χ0) is 15.0. The van der Waals surface area contributed by atoms with Gasteiger partial charge in [-0.05, 0) is 12.8 Å². The fourth-order valence-corrected chi connectivity index (χ4v) is 1.56. The topological polar surface area (TPSA) is 108 Å². The number of nitrogens with two attached hydrogens (primary N) is 1. The van der Waals surface area contributed by atoms with Gasteiger partial charge in [-0.15, -0.1) is 0 Å². The maximum Gasteiger partial charge on any atom is 0.223 e. The molecule has 0 bridgehead atoms. The van der Waals surface area contributed by atoms with Crippen LogP contribution in [-0.4, -0.2) is 30.2 Å². The lowest BCUT2D eigenvalue weighted by Crippen LogP contribution is -2.44. The molecule has 6 nitrogen and oxygen atoms in total. The molecular weight excluding hydrogens is 244 g/mol. The summed E-state index contributed by atoms with van der Waals surface area (Å²) >= 11 is 0. The minimum Gasteiger partial charge on any atom is -0.370 e. The molecule has 0 aliphatic heterocycles. The standard InChI is InChI=1S/C13H26N4O2/c1-8(2)11(18)10(17-12(19)9(3)4)6-5-7-16-13(14)15/h8-10H,5-7H2,1-4H3,(H,17,19)(H4,14,15,16). The molecule has 5 N–H and O–H groups in total. The number of Topliss-reactive ketones (excluding diaryl/α,β-unsaturated/α-hetero) is 1. The molecule has 6 heteroatoms. The number of hydrogen-bond donors (Lipinski definition) is 4. The van der Waals surface area contributed by atoms with E-state index >= 15 is 0 Å². The van der Waals surface area contributed by atoms with Crippen LogP contribution in [0.1, 0.15) is 40.5 Å². The second-order valence-electron chi connectivity index (χ2n) is 5.26. The van der Waals surface area contributed by atoms with Gasteiger partial charge in [-0.1, -0.05) is 27.7 Å². The van der Waals surface area contributed by atoms with Crippen molar-refractivity contribution in [3.05, 3.63) is 0 Å². The third-order valence-electron chi connectivity index (χ3n) is 2.74. The molecular formula is C13H26N4O2. The number of ketones is 1. The molecule has 0 aromatic rings. The monoisotopic (exact) mass is 270 g/mol. The van der Waals surface area contributed by atoms with Crippen LogP contribution in [0.5, 0.6) is 0 Å². The molecule has 0 aromatic carbocycles. The van der Waals surface area contributed by atoms with Gasteiger partial charge in [0.15, 0.2) is 11.7 Å². The van der Waals surface area contributed by atoms with Gasteiger partial charge in [0, 0.05) is 18.4 Å². The molecule has 0 aliphatic rings. The highest BCUT2D eigenvalue weighted by Crippen LogP contribution is 2.07. The number of carbonyl (C=O) groups excluding carboxylic acids is 2. The number of guanidine groups is 1. The zero-order valence-electron chi connectivity index (χ0n) is 12.2. The molecule has 0 heterocycles. The Morgan fingerprint density at radius 2 is 1.74 bits per heavy atom. The van der Waals surface area contributed by atoms with Crippen molar-refractivity contribution in [3.63, 3.8) is 0 Å². The smallest absolute Gasteiger partial charge is 0.223 e. The lowest BCUT2D eigenvalue weighted by Gasteiger charge is -2.20. The van der Waals surface area contributed by atoms with Gasteiger partial charge >= 0.3 is 0 Å². The fourth-order valence-electron chi connectivity index (χ4n) is 1.56. The van der Waals surface area contributed by atoms with E-state index < -0.39 is 6.04 Å². The zero-order valence-corrected chi connectivity index (χ0v) is 12.2. The summed E-state index contributed by atoms with van der Waals surface area (Å²) in [7, 11) is 0. The van der Waals surface area contributed by atoms with E-state index in [0.29, 0.717) is 19.4 Å². The highest BCUT2D eigenvalue weighted by atomic mass is 16.2. The number of nitrogens with one attached hydrogen (secondary N) is 3. The predicted octanol–water partition coefficient (Wildman–Crippen LogP) is 0.616. The summed E-state index contributed by atoms with van der Waals surface area (Å²) in [6, 6.07) is -0.455. The third-order valence-corrected chi connectivity index (χ3v) is 2.74. The van der Waals surface area contributed by atoms with Gasteiger partial charge in [-0.3, -0.25) is 15.0 Å². The van der Waals surface area contributed by atoms with Gasteiger partial charge < -0.3 is 16.4 Å². The first-order chi connectivity index (χ1) is 8.75. The average molecular weight is 270 g/mol. The van der Waals surface area contributed by atoms with Gasteiger partial charge in [0.25, 0.3) is 0 Å². The van der Waals surface area contributed by atoms with Crippen molar-refractivity contribution in [1.82, 2.24) is 10.6 Å². The molecule has 110 valence electrons. The molecule has 1 atom stereocenters. The van der Waals surface area contributed by atoms with Crippen molar-refractivity contribution in [2.75, 3.05) is 6.54 Å². The number of hydrogen-bond acceptors (Lipinski definition) is 3. The Kier molecular flexibility index (Phi) is 7.79. The Morgan fingerprint density at radius 1 is 1.16 bits per heavy atom. The average Bonchev–Trinajstić information content (AvgIpc) is 2.31. The Balaban J connectivity index is 4.38. The van der Waals surface area contributed by atoms with E-state index in [-0.39, 0.29) is 29.5 Å². The van der Waals surface area contributed by atoms with Crippen LogP contribution < -0.4 is 16.4 Å². The fraction of sp³-hybridized carbons (Fsp3) is 0.769. The van der Waals surface area contributed by atoms with E-state index in [4.69, 9.17) is 11.1 Å². The van der Waals surface area contributed by atoms with Gasteiger partial charge in [0.2, 0.25) is 5.91 Å². The van der Waals surface area contributed by atoms with Crippen molar-refractivity contribution in [1.29, 1.82) is 5.41 Å². The summed E-state index contributed by atoms with van der Waals surface area (Å²) in [6.45, 7) is 7.76. The minimum atomic E-state index is -0.455. The molecule has 0 spiro atoms. The lowest BCUT2D eigenvalue weighted by atomic mass is 9.97. The number of carbonyl (C=O) groups is 2. The first kappa shape index (κ1) is 17.4. The largest absolute Gasteiger partial charge is 0.370 e. The van der Waals surface area contributed by atoms with Crippen LogP contribution in [0.2, 0.25) is 0 Å². The maximum atomic E-state index is 12.0. The van der Waals surface area contributed by atoms with Crippen molar-refractivity contribution in [2.45, 2.75) is 46.6 Å². The second kappa shape index (κ2) is 8.50. The summed E-state index contributed by atoms with van der Waals surface area (Å²) in [6.07, 6.45) is 1.22. The molecule has 0 rings (SSSR count). The summed E-state index contributed by atoms with van der Waals surface area (Å²) in [4.78, 5) is 23.7. The molecule has 1 unspecified atom stereocenters. The Bertz CT molecular complexity index is 327. The van der Waals surface area contributed by atoms with Crippen molar-refractivity contribution >= 4 is 17.6 Å². The van der Waals surface area contributed by atoms with Gasteiger partial charge in [0.1, 0.15) is 0 Å². The van der Waals surface area contributed by atoms with Gasteiger partial charge in [-0.25, -0.2) is 0 Å². The third kappa shape index (κ3) is 7.43. The molecule has 1 amide bonds. The quantitative estimate of drug-likeness (QED) is 0.294. The van der Waals surface area contributed by atoms with Crippen LogP contribution in [-0.2, 0) is 9.59 Å². The van der Waals surface area contributed by atoms with E-state index in [2.05, 4.69) is 10.6 Å². The van der Waals surface area contributed by atoms with E-state index in [1.54, 1.807) is 13.8 Å². The second-order valence-corrected chi connectivity index (χ2v) is 5.26. The van der Waals surface area contributed by atoms with Gasteiger partial charge in [0.05, 0.1) is 6.04 Å². The van der Waals surface area contributed by atoms with Crippen LogP contribution in [0, 0.1) is 17.2 Å². The Hall–Kier alpha value is -1.59. The molecule has 0 radical (unpaired) electrons. The van der Waals surface area contributed by atoms with Crippen LogP contribution >= 0.6 is 0 Å². The minimum absolute atomic E-state index is 0.0387. The highest BCUT2D eigenvalue weighted by molar-refractivity contribution is 5.90. The van der Waals surface area contributed by atoms with Crippen molar-refractivity contribution < 1.29 is 9.59 Å². The van der Waals surface area contributed by atoms with E-state index in [1.165, 1.54) is 0 Å². The molecule has 0 saturated carbocycles.